The molecule has 0 aromatic carbocycles. The first-order valence-corrected chi connectivity index (χ1v) is 6.88. The molecule has 2 aromatic rings. The van der Waals surface area contributed by atoms with Crippen molar-refractivity contribution < 1.29 is 0 Å². The molecule has 2 aromatic heterocycles. The fraction of sp³-hybridized carbons (Fsp3) is 0.533. The van der Waals surface area contributed by atoms with Crippen LogP contribution in [0.1, 0.15) is 25.8 Å². The molecule has 3 rings (SSSR count). The molecule has 1 fully saturated rings. The zero-order valence-corrected chi connectivity index (χ0v) is 11.2. The summed E-state index contributed by atoms with van der Waals surface area (Å²) in [6, 6.07) is 5.05. The lowest BCUT2D eigenvalue weighted by Gasteiger charge is -2.20. The molecule has 18 heavy (non-hydrogen) atoms. The van der Waals surface area contributed by atoms with Crippen LogP contribution in [0.25, 0.3) is 11.0 Å². The van der Waals surface area contributed by atoms with Crippen molar-refractivity contribution in [3.05, 3.63) is 30.1 Å². The van der Waals surface area contributed by atoms with E-state index in [1.54, 1.807) is 0 Å². The topological polar surface area (TPSA) is 31.9 Å². The van der Waals surface area contributed by atoms with E-state index >= 15 is 0 Å². The summed E-state index contributed by atoms with van der Waals surface area (Å²) in [5, 5.41) is 1.23. The molecule has 1 aliphatic heterocycles. The summed E-state index contributed by atoms with van der Waals surface area (Å²) in [7, 11) is 0. The molecule has 0 spiro atoms. The van der Waals surface area contributed by atoms with Crippen molar-refractivity contribution in [3.63, 3.8) is 0 Å². The highest BCUT2D eigenvalue weighted by atomic mass is 15.2. The van der Waals surface area contributed by atoms with Gasteiger partial charge in [-0.3, -0.25) is 0 Å². The van der Waals surface area contributed by atoms with Crippen molar-refractivity contribution in [2.45, 2.75) is 32.7 Å². The summed E-state index contributed by atoms with van der Waals surface area (Å²) in [5.74, 6) is 0.797. The maximum Gasteiger partial charge on any atom is 0.137 e. The number of nitrogens with zero attached hydrogens (tertiary/aromatic N) is 2. The van der Waals surface area contributed by atoms with Gasteiger partial charge in [-0.05, 0) is 56.8 Å². The number of hydrogen-bond acceptors (Lipinski definition) is 2. The third-order valence-corrected chi connectivity index (χ3v) is 4.03. The molecular formula is C15H21N3. The van der Waals surface area contributed by atoms with Gasteiger partial charge in [0.15, 0.2) is 0 Å². The summed E-state index contributed by atoms with van der Waals surface area (Å²) >= 11 is 0. The van der Waals surface area contributed by atoms with Crippen molar-refractivity contribution in [1.82, 2.24) is 14.9 Å². The summed E-state index contributed by atoms with van der Waals surface area (Å²) in [4.78, 5) is 10.2. The third kappa shape index (κ3) is 2.27. The first-order chi connectivity index (χ1) is 8.72. The number of aromatic amines is 1. The van der Waals surface area contributed by atoms with E-state index in [4.69, 9.17) is 0 Å². The fourth-order valence-corrected chi connectivity index (χ4v) is 2.93. The van der Waals surface area contributed by atoms with Crippen LogP contribution >= 0.6 is 0 Å². The average Bonchev–Trinajstić information content (AvgIpc) is 2.96. The number of nitrogens with one attached hydrogen (secondary N) is 1. The number of fused-ring (bicyclic) bond motifs is 1. The van der Waals surface area contributed by atoms with Crippen LogP contribution in [0, 0.1) is 5.92 Å². The number of likely N-dealkylation sites (tertiary alicyclic amines) is 1. The Balaban J connectivity index is 1.69. The highest BCUT2D eigenvalue weighted by Crippen LogP contribution is 2.23. The van der Waals surface area contributed by atoms with Gasteiger partial charge in [-0.25, -0.2) is 4.98 Å². The molecule has 96 valence electrons. The largest absolute Gasteiger partial charge is 0.346 e. The quantitative estimate of drug-likeness (QED) is 0.899. The number of H-pyrrole nitrogens is 1. The van der Waals surface area contributed by atoms with Crippen LogP contribution in [0.3, 0.4) is 0 Å². The van der Waals surface area contributed by atoms with Crippen molar-refractivity contribution in [2.75, 3.05) is 13.1 Å². The second kappa shape index (κ2) is 4.73. The van der Waals surface area contributed by atoms with Gasteiger partial charge in [0.05, 0.1) is 0 Å². The third-order valence-electron chi connectivity index (χ3n) is 4.03. The predicted octanol–water partition coefficient (Wildman–Crippen LogP) is 2.84. The van der Waals surface area contributed by atoms with E-state index in [-0.39, 0.29) is 0 Å². The molecule has 0 radical (unpaired) electrons. The molecule has 1 N–H and O–H groups in total. The van der Waals surface area contributed by atoms with E-state index < -0.39 is 0 Å². The summed E-state index contributed by atoms with van der Waals surface area (Å²) in [6.45, 7) is 7.07. The summed E-state index contributed by atoms with van der Waals surface area (Å²) in [5.41, 5.74) is 2.37. The van der Waals surface area contributed by atoms with Gasteiger partial charge >= 0.3 is 0 Å². The molecule has 3 heteroatoms. The van der Waals surface area contributed by atoms with Crippen molar-refractivity contribution in [1.29, 1.82) is 0 Å². The van der Waals surface area contributed by atoms with E-state index in [9.17, 15) is 0 Å². The number of pyridine rings is 1. The second-order valence-electron chi connectivity index (χ2n) is 5.71. The van der Waals surface area contributed by atoms with Crippen LogP contribution in [0.2, 0.25) is 0 Å². The van der Waals surface area contributed by atoms with Gasteiger partial charge in [-0.2, -0.15) is 0 Å². The van der Waals surface area contributed by atoms with Crippen molar-refractivity contribution in [2.24, 2.45) is 5.92 Å². The van der Waals surface area contributed by atoms with Crippen LogP contribution < -0.4 is 0 Å². The zero-order chi connectivity index (χ0) is 12.5. The Hall–Kier alpha value is -1.35. The Bertz CT molecular complexity index is 529. The Morgan fingerprint density at radius 3 is 3.17 bits per heavy atom. The highest BCUT2D eigenvalue weighted by Gasteiger charge is 2.24. The molecule has 0 bridgehead atoms. The first-order valence-electron chi connectivity index (χ1n) is 6.88. The zero-order valence-electron chi connectivity index (χ0n) is 11.2. The lowest BCUT2D eigenvalue weighted by atomic mass is 9.99. The number of rotatable bonds is 3. The van der Waals surface area contributed by atoms with Crippen LogP contribution in [0.5, 0.6) is 0 Å². The van der Waals surface area contributed by atoms with Gasteiger partial charge in [0.2, 0.25) is 0 Å². The Labute approximate surface area is 108 Å². The molecule has 0 aliphatic carbocycles. The molecular weight excluding hydrogens is 222 g/mol. The van der Waals surface area contributed by atoms with Gasteiger partial charge in [0.1, 0.15) is 5.65 Å². The van der Waals surface area contributed by atoms with Gasteiger partial charge in [0.25, 0.3) is 0 Å². The van der Waals surface area contributed by atoms with E-state index in [2.05, 4.69) is 40.8 Å². The van der Waals surface area contributed by atoms with Crippen LogP contribution in [0.15, 0.2) is 24.5 Å². The maximum absolute atomic E-state index is 4.47. The van der Waals surface area contributed by atoms with Crippen LogP contribution in [-0.4, -0.2) is 34.0 Å². The molecule has 1 atom stereocenters. The molecule has 3 heterocycles. The molecule has 1 saturated heterocycles. The molecule has 0 saturated carbocycles. The molecule has 3 nitrogen and oxygen atoms in total. The number of hydrogen-bond donors (Lipinski definition) is 1. The number of aromatic nitrogens is 2. The van der Waals surface area contributed by atoms with Gasteiger partial charge in [-0.15, -0.1) is 0 Å². The monoisotopic (exact) mass is 243 g/mol. The summed E-state index contributed by atoms with van der Waals surface area (Å²) in [6.07, 6.45) is 6.47. The maximum atomic E-state index is 4.47. The lowest BCUT2D eigenvalue weighted by molar-refractivity contribution is 0.265. The van der Waals surface area contributed by atoms with E-state index in [0.717, 1.165) is 18.0 Å². The lowest BCUT2D eigenvalue weighted by Crippen LogP contribution is -2.28. The van der Waals surface area contributed by atoms with Crippen molar-refractivity contribution >= 4 is 11.0 Å². The van der Waals surface area contributed by atoms with Crippen LogP contribution in [0.4, 0.5) is 0 Å². The first kappa shape index (κ1) is 11.7. The average molecular weight is 243 g/mol. The molecule has 0 amide bonds. The van der Waals surface area contributed by atoms with Gasteiger partial charge < -0.3 is 9.88 Å². The van der Waals surface area contributed by atoms with E-state index in [1.807, 2.05) is 12.4 Å². The Morgan fingerprint density at radius 2 is 2.39 bits per heavy atom. The minimum atomic E-state index is 0.681. The smallest absolute Gasteiger partial charge is 0.137 e. The van der Waals surface area contributed by atoms with E-state index in [0.29, 0.717) is 6.04 Å². The molecule has 0 unspecified atom stereocenters. The second-order valence-corrected chi connectivity index (χ2v) is 5.71. The predicted molar refractivity (Wildman–Crippen MR) is 74.6 cm³/mol. The van der Waals surface area contributed by atoms with Crippen LogP contribution in [-0.2, 0) is 6.42 Å². The standard InChI is InChI=1S/C15H21N3/c1-11(2)18-6-4-12(10-18)7-13-8-14-3-5-16-15(14)17-9-13/h3,5,8-9,11-12H,4,6-7,10H2,1-2H3,(H,16,17)/t12-/m0/s1. The highest BCUT2D eigenvalue weighted by molar-refractivity contribution is 5.75. The minimum Gasteiger partial charge on any atom is -0.346 e. The Kier molecular flexibility index (Phi) is 3.08. The minimum absolute atomic E-state index is 0.681. The van der Waals surface area contributed by atoms with Crippen molar-refractivity contribution in [3.8, 4) is 0 Å². The SMILES string of the molecule is CC(C)N1CC[C@@H](Cc2cnc3[nH]ccc3c2)C1. The van der Waals surface area contributed by atoms with Gasteiger partial charge in [-0.1, -0.05) is 0 Å². The molecule has 1 aliphatic rings. The summed E-state index contributed by atoms with van der Waals surface area (Å²) < 4.78 is 0. The van der Waals surface area contributed by atoms with Gasteiger partial charge in [0, 0.05) is 30.4 Å². The van der Waals surface area contributed by atoms with E-state index in [1.165, 1.54) is 30.5 Å². The fourth-order valence-electron chi connectivity index (χ4n) is 2.93. The Morgan fingerprint density at radius 1 is 1.50 bits per heavy atom. The normalized spacial score (nSPS) is 21.2.